The fourth-order valence-corrected chi connectivity index (χ4v) is 5.35. The summed E-state index contributed by atoms with van der Waals surface area (Å²) >= 11 is -0.826. The van der Waals surface area contributed by atoms with Gasteiger partial charge < -0.3 is 19.3 Å². The molecule has 0 spiro atoms. The Labute approximate surface area is 185 Å². The zero-order valence-corrected chi connectivity index (χ0v) is 23.1. The Morgan fingerprint density at radius 2 is 1.31 bits per heavy atom. The van der Waals surface area contributed by atoms with E-state index in [1.165, 1.54) is 77.0 Å². The van der Waals surface area contributed by atoms with Gasteiger partial charge in [0.25, 0.3) is 0 Å². The Hall–Kier alpha value is 1.64. The second-order valence-corrected chi connectivity index (χ2v) is 16.9. The summed E-state index contributed by atoms with van der Waals surface area (Å²) in [4.78, 5) is 0. The van der Waals surface area contributed by atoms with Crippen LogP contribution in [-0.2, 0) is 25.3 Å². The van der Waals surface area contributed by atoms with Gasteiger partial charge >= 0.3 is 37.9 Å². The van der Waals surface area contributed by atoms with Crippen molar-refractivity contribution in [1.82, 2.24) is 0 Å². The van der Waals surface area contributed by atoms with E-state index in [1.54, 1.807) is 0 Å². The molecule has 26 heavy (non-hydrogen) atoms. The van der Waals surface area contributed by atoms with E-state index in [1.807, 2.05) is 0 Å². The van der Waals surface area contributed by atoms with Crippen molar-refractivity contribution in [1.29, 1.82) is 0 Å². The summed E-state index contributed by atoms with van der Waals surface area (Å²) in [5.41, 5.74) is 0. The predicted octanol–water partition coefficient (Wildman–Crippen LogP) is 8.67. The van der Waals surface area contributed by atoms with Crippen LogP contribution in [0, 0.1) is 32.6 Å². The third-order valence-electron chi connectivity index (χ3n) is 5.76. The molecular formula is C21H44Cl2OSiZr. The van der Waals surface area contributed by atoms with Gasteiger partial charge in [-0.3, -0.25) is 0 Å². The molecule has 3 rings (SSSR count). The molecule has 0 aliphatic heterocycles. The molecule has 0 aromatic carbocycles. The van der Waals surface area contributed by atoms with Crippen molar-refractivity contribution in [3.8, 4) is 0 Å². The van der Waals surface area contributed by atoms with E-state index in [2.05, 4.69) is 19.6 Å². The topological polar surface area (TPSA) is 9.23 Å². The van der Waals surface area contributed by atoms with Gasteiger partial charge in [-0.15, -0.1) is 0 Å². The second-order valence-electron chi connectivity index (χ2n) is 8.63. The van der Waals surface area contributed by atoms with Gasteiger partial charge in [0.1, 0.15) is 0 Å². The van der Waals surface area contributed by atoms with E-state index in [0.717, 1.165) is 24.4 Å². The van der Waals surface area contributed by atoms with Crippen LogP contribution in [0.3, 0.4) is 0 Å². The standard InChI is InChI=1S/C14H28OSi.C5H10.2CH3.2ClH.Zr/c1-16(2,3)15-11-10-13-9-8-12-6-4-5-7-14(12)13;1-2-4-5-3-1;;;;;/h12-14H,4-11H2,1-3H3;1-5H2;2*1H3;2*1H;/q;;2*-1;;;+4/p-2. The minimum atomic E-state index is -1.27. The van der Waals surface area contributed by atoms with Gasteiger partial charge in [0.05, 0.1) is 0 Å². The van der Waals surface area contributed by atoms with Crippen LogP contribution in [0.4, 0.5) is 0 Å². The van der Waals surface area contributed by atoms with Gasteiger partial charge in [0.2, 0.25) is 0 Å². The normalized spacial score (nSPS) is 26.6. The maximum absolute atomic E-state index is 6.01. The van der Waals surface area contributed by atoms with Crippen LogP contribution < -0.4 is 0 Å². The SMILES string of the molecule is C1CCCC1.C[Si](C)(C)OCCC1CCC2CCCCC21.[CH3-].[CH3-].[Cl][Zr+2][Cl]. The zero-order chi connectivity index (χ0) is 17.8. The van der Waals surface area contributed by atoms with E-state index in [-0.39, 0.29) is 14.9 Å². The van der Waals surface area contributed by atoms with Crippen molar-refractivity contribution >= 4 is 25.3 Å². The van der Waals surface area contributed by atoms with Crippen molar-refractivity contribution in [2.24, 2.45) is 17.8 Å². The Morgan fingerprint density at radius 1 is 0.808 bits per heavy atom. The number of fused-ring (bicyclic) bond motifs is 1. The molecule has 3 saturated carbocycles. The number of hydrogen-bond acceptors (Lipinski definition) is 1. The van der Waals surface area contributed by atoms with Crippen LogP contribution in [0.15, 0.2) is 0 Å². The Bertz CT molecular complexity index is 301. The first-order valence-electron chi connectivity index (χ1n) is 10.1. The predicted molar refractivity (Wildman–Crippen MR) is 120 cm³/mol. The first-order valence-corrected chi connectivity index (χ1v) is 19.8. The van der Waals surface area contributed by atoms with E-state index in [0.29, 0.717) is 0 Å². The van der Waals surface area contributed by atoms with Crippen molar-refractivity contribution in [2.45, 2.75) is 96.7 Å². The quantitative estimate of drug-likeness (QED) is 0.276. The van der Waals surface area contributed by atoms with Gasteiger partial charge in [-0.25, -0.2) is 0 Å². The molecule has 0 aromatic heterocycles. The molecule has 3 atom stereocenters. The number of halogens is 2. The van der Waals surface area contributed by atoms with Gasteiger partial charge in [0, 0.05) is 6.61 Å². The summed E-state index contributed by atoms with van der Waals surface area (Å²) in [5.74, 6) is 3.16. The minimum absolute atomic E-state index is 0. The van der Waals surface area contributed by atoms with Gasteiger partial charge in [-0.05, 0) is 63.1 Å². The van der Waals surface area contributed by atoms with E-state index >= 15 is 0 Å². The molecule has 0 bridgehead atoms. The molecule has 3 aliphatic carbocycles. The van der Waals surface area contributed by atoms with E-state index in [9.17, 15) is 0 Å². The van der Waals surface area contributed by atoms with Crippen molar-refractivity contribution in [3.05, 3.63) is 14.9 Å². The molecule has 0 heterocycles. The molecule has 5 heteroatoms. The van der Waals surface area contributed by atoms with Crippen LogP contribution in [0.1, 0.15) is 77.0 Å². The van der Waals surface area contributed by atoms with Crippen LogP contribution in [-0.4, -0.2) is 14.9 Å². The number of hydrogen-bond donors (Lipinski definition) is 0. The molecular weight excluding hydrogens is 458 g/mol. The second kappa shape index (κ2) is 17.5. The molecule has 0 saturated heterocycles. The molecule has 0 aromatic rings. The van der Waals surface area contributed by atoms with E-state index in [4.69, 9.17) is 21.5 Å². The van der Waals surface area contributed by atoms with Crippen LogP contribution in [0.25, 0.3) is 0 Å². The Kier molecular flexibility index (Phi) is 20.1. The van der Waals surface area contributed by atoms with Crippen LogP contribution in [0.5, 0.6) is 0 Å². The molecule has 0 amide bonds. The first-order chi connectivity index (χ1) is 11.5. The monoisotopic (exact) mass is 500 g/mol. The van der Waals surface area contributed by atoms with Gasteiger partial charge in [-0.2, -0.15) is 0 Å². The summed E-state index contributed by atoms with van der Waals surface area (Å²) in [6.07, 6.45) is 17.9. The molecule has 156 valence electrons. The molecule has 0 radical (unpaired) electrons. The van der Waals surface area contributed by atoms with Gasteiger partial charge in [-0.1, -0.05) is 51.4 Å². The number of rotatable bonds is 4. The summed E-state index contributed by atoms with van der Waals surface area (Å²) in [6.45, 7) is 7.92. The Balaban J connectivity index is 0. The first kappa shape index (κ1) is 29.8. The van der Waals surface area contributed by atoms with Crippen molar-refractivity contribution < 1.29 is 25.3 Å². The van der Waals surface area contributed by atoms with Gasteiger partial charge in [0.15, 0.2) is 8.32 Å². The fourth-order valence-electron chi connectivity index (χ4n) is 4.62. The Morgan fingerprint density at radius 3 is 1.81 bits per heavy atom. The molecule has 3 unspecified atom stereocenters. The van der Waals surface area contributed by atoms with Crippen LogP contribution >= 0.6 is 17.0 Å². The third kappa shape index (κ3) is 13.8. The summed E-state index contributed by atoms with van der Waals surface area (Å²) in [7, 11) is 8.60. The zero-order valence-electron chi connectivity index (χ0n) is 18.1. The molecule has 3 aliphatic rings. The maximum atomic E-state index is 6.01. The average molecular weight is 503 g/mol. The summed E-state index contributed by atoms with van der Waals surface area (Å²) in [5, 5.41) is 0. The summed E-state index contributed by atoms with van der Waals surface area (Å²) < 4.78 is 6.01. The summed E-state index contributed by atoms with van der Waals surface area (Å²) in [6, 6.07) is 0. The fraction of sp³-hybridized carbons (Fsp3) is 0.905. The van der Waals surface area contributed by atoms with Crippen molar-refractivity contribution in [2.75, 3.05) is 6.61 Å². The molecule has 1 nitrogen and oxygen atoms in total. The van der Waals surface area contributed by atoms with E-state index < -0.39 is 29.2 Å². The van der Waals surface area contributed by atoms with Crippen molar-refractivity contribution in [3.63, 3.8) is 0 Å². The molecule has 0 N–H and O–H groups in total. The third-order valence-corrected chi connectivity index (χ3v) is 6.83. The van der Waals surface area contributed by atoms with Crippen LogP contribution in [0.2, 0.25) is 19.6 Å². The average Bonchev–Trinajstić information content (AvgIpc) is 3.20. The molecule has 3 fully saturated rings.